The summed E-state index contributed by atoms with van der Waals surface area (Å²) in [7, 11) is 0. The van der Waals surface area contributed by atoms with E-state index in [0.29, 0.717) is 20.7 Å². The average Bonchev–Trinajstić information content (AvgIpc) is 2.25. The molecule has 0 bridgehead atoms. The van der Waals surface area contributed by atoms with Gasteiger partial charge in [0, 0.05) is 0 Å². The first-order valence-electron chi connectivity index (χ1n) is 5.05. The Balaban J connectivity index is 2.01. The van der Waals surface area contributed by atoms with Gasteiger partial charge in [0.05, 0.1) is 0 Å². The van der Waals surface area contributed by atoms with Crippen LogP contribution in [0.2, 0.25) is 0 Å². The molecule has 0 saturated heterocycles. The number of carbonyl (C=O) groups excluding carboxylic acids is 1. The van der Waals surface area contributed by atoms with Gasteiger partial charge in [-0.2, -0.15) is 0 Å². The molecule has 1 saturated carbocycles. The van der Waals surface area contributed by atoms with Crippen molar-refractivity contribution in [1.82, 2.24) is 0 Å². The molecule has 0 heterocycles. The maximum absolute atomic E-state index is 11.6. The van der Waals surface area contributed by atoms with Crippen LogP contribution < -0.4 is 4.46 Å². The van der Waals surface area contributed by atoms with E-state index in [1.165, 1.54) is 4.46 Å². The van der Waals surface area contributed by atoms with Crippen molar-refractivity contribution in [3.63, 3.8) is 0 Å². The second-order valence-electron chi connectivity index (χ2n) is 4.46. The number of hydrogen-bond donors (Lipinski definition) is 0. The molecule has 0 spiro atoms. The van der Waals surface area contributed by atoms with Crippen molar-refractivity contribution in [2.24, 2.45) is 5.41 Å². The molecule has 0 N–H and O–H groups in total. The van der Waals surface area contributed by atoms with Gasteiger partial charge >= 0.3 is 96.6 Å². The Bertz CT molecular complexity index is 404. The molecule has 0 atom stereocenters. The molecule has 1 aliphatic rings. The minimum absolute atomic E-state index is 0.0986. The standard InChI is InChI=1S/C13H14OSe/c1-13(2)8-10(12(13)14)9-15-11-6-4-3-5-7-11/h3-7,9H,8H2,1-2H3/b10-9-. The van der Waals surface area contributed by atoms with Crippen LogP contribution in [-0.4, -0.2) is 20.7 Å². The summed E-state index contributed by atoms with van der Waals surface area (Å²) in [5, 5.41) is 0. The molecule has 2 heteroatoms. The van der Waals surface area contributed by atoms with E-state index >= 15 is 0 Å². The van der Waals surface area contributed by atoms with Crippen LogP contribution in [-0.2, 0) is 4.79 Å². The van der Waals surface area contributed by atoms with Crippen LogP contribution in [0.15, 0.2) is 40.9 Å². The Kier molecular flexibility index (Phi) is 2.81. The van der Waals surface area contributed by atoms with Gasteiger partial charge in [-0.15, -0.1) is 0 Å². The van der Waals surface area contributed by atoms with Crippen molar-refractivity contribution in [3.8, 4) is 0 Å². The fourth-order valence-electron chi connectivity index (χ4n) is 1.70. The van der Waals surface area contributed by atoms with E-state index < -0.39 is 0 Å². The number of hydrogen-bond acceptors (Lipinski definition) is 1. The summed E-state index contributed by atoms with van der Waals surface area (Å²) in [6.07, 6.45) is 0.945. The topological polar surface area (TPSA) is 17.1 Å². The normalized spacial score (nSPS) is 21.5. The van der Waals surface area contributed by atoms with Crippen LogP contribution in [0.1, 0.15) is 20.3 Å². The summed E-state index contributed by atoms with van der Waals surface area (Å²) in [5.74, 6) is 0.334. The van der Waals surface area contributed by atoms with Crippen LogP contribution in [0, 0.1) is 5.41 Å². The Morgan fingerprint density at radius 2 is 1.93 bits per heavy atom. The third-order valence-corrected chi connectivity index (χ3v) is 4.61. The molecule has 0 unspecified atom stereocenters. The van der Waals surface area contributed by atoms with Gasteiger partial charge in [-0.3, -0.25) is 0 Å². The van der Waals surface area contributed by atoms with E-state index in [-0.39, 0.29) is 5.41 Å². The van der Waals surface area contributed by atoms with Crippen molar-refractivity contribution in [2.45, 2.75) is 20.3 Å². The predicted octanol–water partition coefficient (Wildman–Crippen LogP) is 1.90. The second kappa shape index (κ2) is 3.96. The van der Waals surface area contributed by atoms with Crippen LogP contribution in [0.5, 0.6) is 0 Å². The number of Topliss-reactive ketones (excluding diaryl/α,β-unsaturated/α-hetero) is 1. The number of benzene rings is 1. The third kappa shape index (κ3) is 2.22. The Labute approximate surface area is 96.7 Å². The molecular formula is C13H14OSe. The van der Waals surface area contributed by atoms with Crippen LogP contribution in [0.3, 0.4) is 0 Å². The predicted molar refractivity (Wildman–Crippen MR) is 63.3 cm³/mol. The van der Waals surface area contributed by atoms with Crippen LogP contribution in [0.25, 0.3) is 0 Å². The number of ketones is 1. The summed E-state index contributed by atoms with van der Waals surface area (Å²) < 4.78 is 1.33. The van der Waals surface area contributed by atoms with Crippen LogP contribution in [0.4, 0.5) is 0 Å². The molecular weight excluding hydrogens is 251 g/mol. The summed E-state index contributed by atoms with van der Waals surface area (Å²) >= 11 is 0.308. The van der Waals surface area contributed by atoms with Crippen molar-refractivity contribution in [2.75, 3.05) is 0 Å². The summed E-state index contributed by atoms with van der Waals surface area (Å²) in [6, 6.07) is 10.3. The zero-order valence-corrected chi connectivity index (χ0v) is 10.7. The molecule has 1 aliphatic carbocycles. The molecule has 0 aromatic heterocycles. The van der Waals surface area contributed by atoms with Gasteiger partial charge in [-0.25, -0.2) is 0 Å². The molecule has 1 aromatic rings. The van der Waals surface area contributed by atoms with Crippen molar-refractivity contribution < 1.29 is 4.79 Å². The van der Waals surface area contributed by atoms with Gasteiger partial charge < -0.3 is 0 Å². The van der Waals surface area contributed by atoms with Crippen molar-refractivity contribution in [3.05, 3.63) is 40.9 Å². The van der Waals surface area contributed by atoms with Gasteiger partial charge in [-0.05, 0) is 0 Å². The SMILES string of the molecule is CC1(C)C/C(=C/[Se]c2ccccc2)C1=O. The zero-order chi connectivity index (χ0) is 10.9. The zero-order valence-electron chi connectivity index (χ0n) is 8.99. The molecule has 0 aliphatic heterocycles. The molecule has 15 heavy (non-hydrogen) atoms. The van der Waals surface area contributed by atoms with Crippen molar-refractivity contribution >= 4 is 25.2 Å². The molecule has 1 nitrogen and oxygen atoms in total. The number of carbonyl (C=O) groups is 1. The third-order valence-electron chi connectivity index (χ3n) is 2.62. The first-order valence-corrected chi connectivity index (χ1v) is 6.90. The first-order chi connectivity index (χ1) is 7.09. The fourth-order valence-corrected chi connectivity index (χ4v) is 3.34. The average molecular weight is 265 g/mol. The second-order valence-corrected chi connectivity index (χ2v) is 6.44. The van der Waals surface area contributed by atoms with Gasteiger partial charge in [0.1, 0.15) is 0 Å². The minimum atomic E-state index is -0.0986. The quantitative estimate of drug-likeness (QED) is 0.589. The molecule has 1 aromatic carbocycles. The van der Waals surface area contributed by atoms with Gasteiger partial charge in [0.25, 0.3) is 0 Å². The Morgan fingerprint density at radius 3 is 2.47 bits per heavy atom. The summed E-state index contributed by atoms with van der Waals surface area (Å²) in [4.78, 5) is 13.8. The molecule has 2 rings (SSSR count). The maximum atomic E-state index is 11.6. The fraction of sp³-hybridized carbons (Fsp3) is 0.308. The first kappa shape index (κ1) is 10.7. The van der Waals surface area contributed by atoms with Gasteiger partial charge in [0.15, 0.2) is 0 Å². The number of rotatable bonds is 2. The van der Waals surface area contributed by atoms with E-state index in [9.17, 15) is 4.79 Å². The summed E-state index contributed by atoms with van der Waals surface area (Å²) in [5.41, 5.74) is 0.933. The van der Waals surface area contributed by atoms with Gasteiger partial charge in [-0.1, -0.05) is 0 Å². The summed E-state index contributed by atoms with van der Waals surface area (Å²) in [6.45, 7) is 4.03. The van der Waals surface area contributed by atoms with E-state index in [1.54, 1.807) is 0 Å². The van der Waals surface area contributed by atoms with Gasteiger partial charge in [0.2, 0.25) is 0 Å². The Morgan fingerprint density at radius 1 is 1.27 bits per heavy atom. The molecule has 0 radical (unpaired) electrons. The molecule has 1 fully saturated rings. The van der Waals surface area contributed by atoms with Crippen LogP contribution >= 0.6 is 0 Å². The van der Waals surface area contributed by atoms with Crippen molar-refractivity contribution in [1.29, 1.82) is 0 Å². The monoisotopic (exact) mass is 266 g/mol. The van der Waals surface area contributed by atoms with E-state index in [1.807, 2.05) is 32.0 Å². The molecule has 78 valence electrons. The van der Waals surface area contributed by atoms with E-state index in [4.69, 9.17) is 0 Å². The Hall–Kier alpha value is -0.851. The van der Waals surface area contributed by atoms with E-state index in [0.717, 1.165) is 12.0 Å². The molecule has 0 amide bonds. The number of allylic oxidation sites excluding steroid dienone is 1. The van der Waals surface area contributed by atoms with E-state index in [2.05, 4.69) is 17.1 Å².